The summed E-state index contributed by atoms with van der Waals surface area (Å²) in [4.78, 5) is 16.6. The van der Waals surface area contributed by atoms with Crippen molar-refractivity contribution in [3.05, 3.63) is 29.8 Å². The van der Waals surface area contributed by atoms with Crippen LogP contribution in [0, 0.1) is 5.92 Å². The molecule has 0 aromatic heterocycles. The monoisotopic (exact) mass is 246 g/mol. The summed E-state index contributed by atoms with van der Waals surface area (Å²) < 4.78 is 5.17. The van der Waals surface area contributed by atoms with Gasteiger partial charge in [-0.05, 0) is 25.0 Å². The average Bonchev–Trinajstić information content (AvgIpc) is 2.67. The number of hydrogen-bond donors (Lipinski definition) is 1. The number of hydrogen-bond acceptors (Lipinski definition) is 3. The van der Waals surface area contributed by atoms with E-state index in [9.17, 15) is 4.79 Å². The van der Waals surface area contributed by atoms with Crippen LogP contribution in [0.2, 0.25) is 0 Å². The molecule has 1 atom stereocenters. The molecule has 1 aromatic carbocycles. The third-order valence-corrected chi connectivity index (χ3v) is 3.50. The molecule has 18 heavy (non-hydrogen) atoms. The van der Waals surface area contributed by atoms with Crippen molar-refractivity contribution in [1.82, 2.24) is 5.32 Å². The predicted octanol–water partition coefficient (Wildman–Crippen LogP) is 1.99. The van der Waals surface area contributed by atoms with Crippen LogP contribution in [0.25, 0.3) is 0 Å². The summed E-state index contributed by atoms with van der Waals surface area (Å²) in [5.41, 5.74) is 0.186. The Kier molecular flexibility index (Phi) is 3.11. The first kappa shape index (κ1) is 12.6. The summed E-state index contributed by atoms with van der Waals surface area (Å²) in [6.45, 7) is 5.86. The van der Waals surface area contributed by atoms with E-state index < -0.39 is 5.54 Å². The van der Waals surface area contributed by atoms with Gasteiger partial charge in [0.15, 0.2) is 0 Å². The fraction of sp³-hybridized carbons (Fsp3) is 0.429. The second kappa shape index (κ2) is 4.44. The van der Waals surface area contributed by atoms with Crippen molar-refractivity contribution in [3.63, 3.8) is 0 Å². The third kappa shape index (κ3) is 1.98. The summed E-state index contributed by atoms with van der Waals surface area (Å²) in [5, 5.41) is 2.85. The minimum Gasteiger partial charge on any atom is -0.497 e. The maximum Gasteiger partial charge on any atom is 0.253 e. The predicted molar refractivity (Wildman–Crippen MR) is 70.9 cm³/mol. The zero-order valence-electron chi connectivity index (χ0n) is 11.2. The Morgan fingerprint density at radius 2 is 2.11 bits per heavy atom. The van der Waals surface area contributed by atoms with Gasteiger partial charge in [0.1, 0.15) is 17.1 Å². The first-order valence-electron chi connectivity index (χ1n) is 6.03. The lowest BCUT2D eigenvalue weighted by Gasteiger charge is -2.21. The first-order chi connectivity index (χ1) is 8.47. The highest BCUT2D eigenvalue weighted by molar-refractivity contribution is 6.15. The van der Waals surface area contributed by atoms with Crippen molar-refractivity contribution in [2.75, 3.05) is 7.11 Å². The molecule has 0 aliphatic carbocycles. The molecular formula is C14H18N2O2. The summed E-state index contributed by atoms with van der Waals surface area (Å²) in [6, 6.07) is 7.52. The highest BCUT2D eigenvalue weighted by Gasteiger charge is 2.41. The molecule has 0 spiro atoms. The molecule has 1 aliphatic heterocycles. The van der Waals surface area contributed by atoms with Crippen LogP contribution in [-0.2, 0) is 4.79 Å². The van der Waals surface area contributed by atoms with Crippen molar-refractivity contribution in [1.29, 1.82) is 0 Å². The van der Waals surface area contributed by atoms with Gasteiger partial charge >= 0.3 is 0 Å². The molecule has 0 saturated carbocycles. The van der Waals surface area contributed by atoms with Gasteiger partial charge in [0, 0.05) is 5.56 Å². The fourth-order valence-corrected chi connectivity index (χ4v) is 1.84. The largest absolute Gasteiger partial charge is 0.497 e. The molecule has 0 bridgehead atoms. The Bertz CT molecular complexity index is 508. The normalized spacial score (nSPS) is 22.9. The summed E-state index contributed by atoms with van der Waals surface area (Å²) in [6.07, 6.45) is 0. The van der Waals surface area contributed by atoms with Crippen molar-refractivity contribution < 1.29 is 9.53 Å². The van der Waals surface area contributed by atoms with E-state index in [1.807, 2.05) is 45.0 Å². The zero-order chi connectivity index (χ0) is 13.3. The molecular weight excluding hydrogens is 228 g/mol. The molecule has 1 aliphatic rings. The van der Waals surface area contributed by atoms with Crippen LogP contribution < -0.4 is 10.1 Å². The van der Waals surface area contributed by atoms with E-state index >= 15 is 0 Å². The van der Waals surface area contributed by atoms with Crippen LogP contribution in [0.4, 0.5) is 0 Å². The van der Waals surface area contributed by atoms with E-state index in [1.165, 1.54) is 0 Å². The van der Waals surface area contributed by atoms with Crippen LogP contribution in [0.3, 0.4) is 0 Å². The Morgan fingerprint density at radius 3 is 2.67 bits per heavy atom. The van der Waals surface area contributed by atoms with Gasteiger partial charge in [0.25, 0.3) is 5.91 Å². The highest BCUT2D eigenvalue weighted by Crippen LogP contribution is 2.27. The van der Waals surface area contributed by atoms with Gasteiger partial charge in [-0.2, -0.15) is 0 Å². The molecule has 1 aromatic rings. The van der Waals surface area contributed by atoms with E-state index in [4.69, 9.17) is 4.74 Å². The molecule has 1 unspecified atom stereocenters. The smallest absolute Gasteiger partial charge is 0.253 e. The lowest BCUT2D eigenvalue weighted by Crippen LogP contribution is -2.41. The Labute approximate surface area is 107 Å². The van der Waals surface area contributed by atoms with E-state index in [0.29, 0.717) is 5.84 Å². The van der Waals surface area contributed by atoms with E-state index in [2.05, 4.69) is 10.3 Å². The molecule has 4 heteroatoms. The lowest BCUT2D eigenvalue weighted by atomic mass is 9.89. The first-order valence-corrected chi connectivity index (χ1v) is 6.03. The van der Waals surface area contributed by atoms with Gasteiger partial charge in [0.05, 0.1) is 7.11 Å². The Balaban J connectivity index is 2.38. The number of aliphatic imine (C=N–C) groups is 1. The molecule has 1 amide bonds. The lowest BCUT2D eigenvalue weighted by molar-refractivity contribution is -0.124. The van der Waals surface area contributed by atoms with Crippen LogP contribution in [0.15, 0.2) is 29.3 Å². The van der Waals surface area contributed by atoms with E-state index in [-0.39, 0.29) is 11.8 Å². The fourth-order valence-electron chi connectivity index (χ4n) is 1.84. The quantitative estimate of drug-likeness (QED) is 0.886. The molecule has 0 fully saturated rings. The molecule has 0 saturated heterocycles. The summed E-state index contributed by atoms with van der Waals surface area (Å²) in [5.74, 6) is 1.48. The minimum atomic E-state index is -0.682. The SMILES string of the molecule is COc1cccc(C2=NC(C)(C(C)C)C(=O)N2)c1. The number of nitrogens with one attached hydrogen (secondary N) is 1. The number of benzene rings is 1. The van der Waals surface area contributed by atoms with Crippen molar-refractivity contribution in [3.8, 4) is 5.75 Å². The van der Waals surface area contributed by atoms with Gasteiger partial charge in [-0.15, -0.1) is 0 Å². The third-order valence-electron chi connectivity index (χ3n) is 3.50. The highest BCUT2D eigenvalue weighted by atomic mass is 16.5. The molecule has 4 nitrogen and oxygen atoms in total. The Hall–Kier alpha value is -1.84. The minimum absolute atomic E-state index is 0.0460. The second-order valence-electron chi connectivity index (χ2n) is 4.95. The molecule has 96 valence electrons. The topological polar surface area (TPSA) is 50.7 Å². The maximum atomic E-state index is 12.0. The van der Waals surface area contributed by atoms with Gasteiger partial charge in [0.2, 0.25) is 0 Å². The maximum absolute atomic E-state index is 12.0. The van der Waals surface area contributed by atoms with Gasteiger partial charge in [-0.1, -0.05) is 26.0 Å². The molecule has 1 N–H and O–H groups in total. The molecule has 1 heterocycles. The van der Waals surface area contributed by atoms with E-state index in [0.717, 1.165) is 11.3 Å². The van der Waals surface area contributed by atoms with Crippen LogP contribution in [0.1, 0.15) is 26.3 Å². The van der Waals surface area contributed by atoms with Crippen molar-refractivity contribution in [2.45, 2.75) is 26.3 Å². The summed E-state index contributed by atoms with van der Waals surface area (Å²) in [7, 11) is 1.62. The van der Waals surface area contributed by atoms with Gasteiger partial charge < -0.3 is 10.1 Å². The number of nitrogens with zero attached hydrogens (tertiary/aromatic N) is 1. The Morgan fingerprint density at radius 1 is 1.39 bits per heavy atom. The number of carbonyl (C=O) groups excluding carboxylic acids is 1. The number of carbonyl (C=O) groups is 1. The number of rotatable bonds is 3. The van der Waals surface area contributed by atoms with Gasteiger partial charge in [-0.3, -0.25) is 9.79 Å². The van der Waals surface area contributed by atoms with Crippen LogP contribution >= 0.6 is 0 Å². The van der Waals surface area contributed by atoms with Crippen LogP contribution in [-0.4, -0.2) is 24.4 Å². The number of methoxy groups -OCH3 is 1. The second-order valence-corrected chi connectivity index (χ2v) is 4.95. The number of amides is 1. The number of ether oxygens (including phenoxy) is 1. The molecule has 2 rings (SSSR count). The van der Waals surface area contributed by atoms with Crippen molar-refractivity contribution in [2.24, 2.45) is 10.9 Å². The van der Waals surface area contributed by atoms with E-state index in [1.54, 1.807) is 7.11 Å². The van der Waals surface area contributed by atoms with Crippen LogP contribution in [0.5, 0.6) is 5.75 Å². The van der Waals surface area contributed by atoms with Crippen molar-refractivity contribution >= 4 is 11.7 Å². The average molecular weight is 246 g/mol. The zero-order valence-corrected chi connectivity index (χ0v) is 11.2. The molecule has 0 radical (unpaired) electrons. The van der Waals surface area contributed by atoms with Gasteiger partial charge in [-0.25, -0.2) is 0 Å². The standard InChI is InChI=1S/C14H18N2O2/c1-9(2)14(3)13(17)15-12(16-14)10-6-5-7-11(8-10)18-4/h5-9H,1-4H3,(H,15,16,17). The summed E-state index contributed by atoms with van der Waals surface area (Å²) >= 11 is 0. The number of amidine groups is 1.